The average molecular weight is 454 g/mol. The van der Waals surface area contributed by atoms with Crippen LogP contribution in [0.5, 0.6) is 0 Å². The van der Waals surface area contributed by atoms with E-state index < -0.39 is 5.92 Å². The van der Waals surface area contributed by atoms with E-state index >= 15 is 0 Å². The van der Waals surface area contributed by atoms with Gasteiger partial charge in [-0.05, 0) is 26.0 Å². The summed E-state index contributed by atoms with van der Waals surface area (Å²) in [7, 11) is 0. The first kappa shape index (κ1) is 22.6. The number of carbonyl (C=O) groups is 1. The number of thioether (sulfide) groups is 1. The van der Waals surface area contributed by atoms with Gasteiger partial charge in [0.2, 0.25) is 5.91 Å². The van der Waals surface area contributed by atoms with Crippen molar-refractivity contribution in [3.8, 4) is 0 Å². The lowest BCUT2D eigenvalue weighted by atomic mass is 9.85. The summed E-state index contributed by atoms with van der Waals surface area (Å²) in [4.78, 5) is 34.5. The van der Waals surface area contributed by atoms with E-state index in [4.69, 9.17) is 0 Å². The van der Waals surface area contributed by atoms with Crippen molar-refractivity contribution >= 4 is 34.9 Å². The number of hydrogen-bond donors (Lipinski definition) is 2. The van der Waals surface area contributed by atoms with Crippen LogP contribution in [0.2, 0.25) is 0 Å². The number of amides is 1. The number of piperazine rings is 1. The standard InChI is InChI=1S/C24H31N5O2S/c1-17(2)27-21-4-3-7-26-22(21)19-6-5-18(24(31)29-12-14-32-15-13-29)20(16-30)23(19)28-10-8-25-9-11-28/h3-7,17-18,25,27H,8-15H2,1-2H3. The molecule has 0 spiro atoms. The third kappa shape index (κ3) is 4.77. The molecule has 4 rings (SSSR count). The minimum Gasteiger partial charge on any atom is -0.381 e. The van der Waals surface area contributed by atoms with Crippen molar-refractivity contribution in [1.29, 1.82) is 0 Å². The van der Waals surface area contributed by atoms with E-state index in [-0.39, 0.29) is 11.9 Å². The molecule has 0 aromatic carbocycles. The number of aromatic nitrogens is 1. The Morgan fingerprint density at radius 2 is 2.00 bits per heavy atom. The van der Waals surface area contributed by atoms with Crippen molar-refractivity contribution < 1.29 is 9.59 Å². The quantitative estimate of drug-likeness (QED) is 0.661. The summed E-state index contributed by atoms with van der Waals surface area (Å²) < 4.78 is 0. The number of pyridine rings is 1. The Balaban J connectivity index is 1.78. The smallest absolute Gasteiger partial charge is 0.234 e. The molecule has 1 amide bonds. The van der Waals surface area contributed by atoms with Crippen molar-refractivity contribution in [1.82, 2.24) is 20.1 Å². The lowest BCUT2D eigenvalue weighted by molar-refractivity contribution is -0.132. The van der Waals surface area contributed by atoms with Gasteiger partial charge in [-0.15, -0.1) is 0 Å². The van der Waals surface area contributed by atoms with E-state index in [0.29, 0.717) is 5.57 Å². The number of carbonyl (C=O) groups excluding carboxylic acids is 2. The highest BCUT2D eigenvalue weighted by Crippen LogP contribution is 2.38. The maximum absolute atomic E-state index is 13.4. The van der Waals surface area contributed by atoms with Crippen LogP contribution in [0.15, 0.2) is 41.8 Å². The fraction of sp³-hybridized carbons (Fsp3) is 0.500. The van der Waals surface area contributed by atoms with Gasteiger partial charge in [0.25, 0.3) is 0 Å². The number of hydrogen-bond acceptors (Lipinski definition) is 7. The zero-order valence-corrected chi connectivity index (χ0v) is 19.6. The van der Waals surface area contributed by atoms with E-state index in [9.17, 15) is 9.59 Å². The Labute approximate surface area is 194 Å². The Morgan fingerprint density at radius 3 is 2.69 bits per heavy atom. The third-order valence-electron chi connectivity index (χ3n) is 5.92. The van der Waals surface area contributed by atoms with E-state index in [1.54, 1.807) is 6.20 Å². The molecule has 0 saturated carbocycles. The van der Waals surface area contributed by atoms with Crippen molar-refractivity contribution in [3.63, 3.8) is 0 Å². The van der Waals surface area contributed by atoms with Gasteiger partial charge in [-0.3, -0.25) is 9.78 Å². The lowest BCUT2D eigenvalue weighted by Crippen LogP contribution is -2.46. The second-order valence-electron chi connectivity index (χ2n) is 8.49. The number of rotatable bonds is 5. The average Bonchev–Trinajstić information content (AvgIpc) is 2.84. The fourth-order valence-electron chi connectivity index (χ4n) is 4.43. The third-order valence-corrected chi connectivity index (χ3v) is 6.86. The van der Waals surface area contributed by atoms with Crippen molar-refractivity contribution in [2.45, 2.75) is 19.9 Å². The van der Waals surface area contributed by atoms with E-state index in [0.717, 1.165) is 73.4 Å². The number of allylic oxidation sites excluding steroid dienone is 3. The van der Waals surface area contributed by atoms with Crippen molar-refractivity contribution in [2.75, 3.05) is 56.1 Å². The summed E-state index contributed by atoms with van der Waals surface area (Å²) in [5.41, 5.74) is 3.79. The molecule has 8 heteroatoms. The molecule has 1 unspecified atom stereocenters. The molecule has 2 N–H and O–H groups in total. The van der Waals surface area contributed by atoms with Crippen LogP contribution in [-0.4, -0.2) is 83.4 Å². The molecular weight excluding hydrogens is 422 g/mol. The molecule has 2 saturated heterocycles. The molecule has 0 bridgehead atoms. The summed E-state index contributed by atoms with van der Waals surface area (Å²) >= 11 is 1.86. The van der Waals surface area contributed by atoms with Crippen LogP contribution in [0.4, 0.5) is 5.69 Å². The summed E-state index contributed by atoms with van der Waals surface area (Å²) in [5, 5.41) is 6.83. The van der Waals surface area contributed by atoms with Gasteiger partial charge >= 0.3 is 0 Å². The first-order valence-electron chi connectivity index (χ1n) is 11.3. The molecule has 1 aliphatic carbocycles. The molecule has 0 radical (unpaired) electrons. The molecule has 2 fully saturated rings. The van der Waals surface area contributed by atoms with Gasteiger partial charge < -0.3 is 20.4 Å². The van der Waals surface area contributed by atoms with E-state index in [2.05, 4.69) is 40.3 Å². The summed E-state index contributed by atoms with van der Waals surface area (Å²) in [6.45, 7) is 8.80. The van der Waals surface area contributed by atoms with Crippen molar-refractivity contribution in [2.24, 2.45) is 5.92 Å². The molecule has 3 heterocycles. The monoisotopic (exact) mass is 453 g/mol. The van der Waals surface area contributed by atoms with Crippen LogP contribution in [0, 0.1) is 5.92 Å². The first-order valence-corrected chi connectivity index (χ1v) is 12.5. The second kappa shape index (κ2) is 10.4. The highest BCUT2D eigenvalue weighted by molar-refractivity contribution is 7.99. The first-order chi connectivity index (χ1) is 15.6. The van der Waals surface area contributed by atoms with E-state index in [1.807, 2.05) is 40.9 Å². The zero-order chi connectivity index (χ0) is 22.5. The SMILES string of the molecule is CC(C)Nc1cccnc1C1=C(N2CCNCC2)C(=C=O)C(C(=O)N2CCSCC2)C=C1. The predicted molar refractivity (Wildman–Crippen MR) is 130 cm³/mol. The minimum absolute atomic E-state index is 0.00636. The number of nitrogens with zero attached hydrogens (tertiary/aromatic N) is 3. The topological polar surface area (TPSA) is 77.6 Å². The normalized spacial score (nSPS) is 21.7. The van der Waals surface area contributed by atoms with Crippen LogP contribution < -0.4 is 10.6 Å². The van der Waals surface area contributed by atoms with Gasteiger partial charge in [0.05, 0.1) is 28.6 Å². The highest BCUT2D eigenvalue weighted by Gasteiger charge is 2.36. The zero-order valence-electron chi connectivity index (χ0n) is 18.8. The maximum Gasteiger partial charge on any atom is 0.234 e. The molecule has 7 nitrogen and oxygen atoms in total. The Morgan fingerprint density at radius 1 is 1.25 bits per heavy atom. The maximum atomic E-state index is 13.4. The molecule has 2 aliphatic heterocycles. The second-order valence-corrected chi connectivity index (χ2v) is 9.71. The summed E-state index contributed by atoms with van der Waals surface area (Å²) in [6.07, 6.45) is 5.61. The molecular formula is C24H31N5O2S. The van der Waals surface area contributed by atoms with Gasteiger partial charge in [-0.25, -0.2) is 4.79 Å². The number of nitrogens with one attached hydrogen (secondary N) is 2. The summed E-state index contributed by atoms with van der Waals surface area (Å²) in [5.74, 6) is 3.44. The fourth-order valence-corrected chi connectivity index (χ4v) is 5.33. The largest absolute Gasteiger partial charge is 0.381 e. The molecule has 1 aromatic heterocycles. The Kier molecular flexibility index (Phi) is 7.35. The predicted octanol–water partition coefficient (Wildman–Crippen LogP) is 2.04. The number of anilines is 1. The van der Waals surface area contributed by atoms with Gasteiger partial charge in [-0.2, -0.15) is 11.8 Å². The molecule has 1 atom stereocenters. The minimum atomic E-state index is -0.602. The van der Waals surface area contributed by atoms with Crippen LogP contribution in [0.3, 0.4) is 0 Å². The van der Waals surface area contributed by atoms with Gasteiger partial charge in [-0.1, -0.05) is 12.2 Å². The van der Waals surface area contributed by atoms with Crippen LogP contribution in [0.1, 0.15) is 19.5 Å². The van der Waals surface area contributed by atoms with Crippen LogP contribution in [0.25, 0.3) is 5.57 Å². The summed E-state index contributed by atoms with van der Waals surface area (Å²) in [6, 6.07) is 4.15. The molecule has 32 heavy (non-hydrogen) atoms. The molecule has 3 aliphatic rings. The van der Waals surface area contributed by atoms with Gasteiger partial charge in [0, 0.05) is 68.6 Å². The van der Waals surface area contributed by atoms with Crippen LogP contribution >= 0.6 is 11.8 Å². The highest BCUT2D eigenvalue weighted by atomic mass is 32.2. The Bertz CT molecular complexity index is 955. The van der Waals surface area contributed by atoms with Gasteiger partial charge in [0.15, 0.2) is 0 Å². The molecule has 1 aromatic rings. The lowest BCUT2D eigenvalue weighted by Gasteiger charge is -2.37. The van der Waals surface area contributed by atoms with Crippen LogP contribution in [-0.2, 0) is 9.59 Å². The molecule has 170 valence electrons. The van der Waals surface area contributed by atoms with E-state index in [1.165, 1.54) is 0 Å². The Hall–Kier alpha value is -2.54. The van der Waals surface area contributed by atoms with Crippen molar-refractivity contribution in [3.05, 3.63) is 47.4 Å². The van der Waals surface area contributed by atoms with Gasteiger partial charge in [0.1, 0.15) is 5.94 Å².